The Hall–Kier alpha value is -3.13. The lowest BCUT2D eigenvalue weighted by Gasteiger charge is -2.02. The van der Waals surface area contributed by atoms with E-state index in [1.54, 1.807) is 12.1 Å². The molecule has 0 saturated heterocycles. The van der Waals surface area contributed by atoms with Gasteiger partial charge in [0.1, 0.15) is 11.5 Å². The van der Waals surface area contributed by atoms with Gasteiger partial charge in [-0.2, -0.15) is 0 Å². The minimum atomic E-state index is -0.524. The van der Waals surface area contributed by atoms with E-state index in [9.17, 15) is 14.0 Å². The van der Waals surface area contributed by atoms with Gasteiger partial charge in [-0.25, -0.2) is 14.2 Å². The summed E-state index contributed by atoms with van der Waals surface area (Å²) in [6.07, 6.45) is 1.28. The van der Waals surface area contributed by atoms with E-state index in [-0.39, 0.29) is 17.1 Å². The number of esters is 1. The molecule has 0 aliphatic rings. The quantitative estimate of drug-likeness (QED) is 0.708. The van der Waals surface area contributed by atoms with Crippen LogP contribution in [0.1, 0.15) is 25.7 Å². The van der Waals surface area contributed by atoms with E-state index >= 15 is 0 Å². The largest absolute Gasteiger partial charge is 0.465 e. The van der Waals surface area contributed by atoms with Gasteiger partial charge in [0.25, 0.3) is 5.91 Å². The average molecular weight is 371 g/mol. The fraction of sp³-hybridized carbons (Fsp3) is 0.111. The molecule has 26 heavy (non-hydrogen) atoms. The number of benzene rings is 1. The third kappa shape index (κ3) is 3.75. The topological polar surface area (TPSA) is 81.2 Å². The first-order chi connectivity index (χ1) is 12.5. The van der Waals surface area contributed by atoms with Crippen LogP contribution in [0.5, 0.6) is 0 Å². The van der Waals surface area contributed by atoms with Crippen LogP contribution in [0.2, 0.25) is 0 Å². The van der Waals surface area contributed by atoms with Gasteiger partial charge in [0.2, 0.25) is 0 Å². The Labute approximate surface area is 152 Å². The number of pyridine rings is 1. The van der Waals surface area contributed by atoms with Gasteiger partial charge < -0.3 is 4.74 Å². The Morgan fingerprint density at radius 1 is 1.15 bits per heavy atom. The van der Waals surface area contributed by atoms with Gasteiger partial charge in [0.05, 0.1) is 18.4 Å². The predicted octanol–water partition coefficient (Wildman–Crippen LogP) is 3.69. The molecule has 0 spiro atoms. The molecule has 0 unspecified atom stereocenters. The van der Waals surface area contributed by atoms with Crippen molar-refractivity contribution in [2.45, 2.75) is 6.92 Å². The maximum Gasteiger partial charge on any atom is 0.339 e. The number of halogens is 1. The molecular weight excluding hydrogens is 357 g/mol. The summed E-state index contributed by atoms with van der Waals surface area (Å²) in [5.74, 6) is -1.29. The highest BCUT2D eigenvalue weighted by Gasteiger charge is 2.15. The van der Waals surface area contributed by atoms with Crippen LogP contribution in [0.4, 0.5) is 9.52 Å². The van der Waals surface area contributed by atoms with E-state index in [1.165, 1.54) is 48.9 Å². The van der Waals surface area contributed by atoms with Crippen LogP contribution in [0, 0.1) is 12.7 Å². The number of nitrogens with zero attached hydrogens (tertiary/aromatic N) is 2. The van der Waals surface area contributed by atoms with E-state index in [4.69, 9.17) is 0 Å². The van der Waals surface area contributed by atoms with Crippen molar-refractivity contribution in [2.75, 3.05) is 12.4 Å². The Morgan fingerprint density at radius 3 is 2.50 bits per heavy atom. The number of rotatable bonds is 4. The molecule has 0 aliphatic heterocycles. The number of hydrogen-bond donors (Lipinski definition) is 1. The third-order valence-corrected chi connectivity index (χ3v) is 4.44. The van der Waals surface area contributed by atoms with E-state index in [0.29, 0.717) is 10.8 Å². The Balaban J connectivity index is 1.76. The van der Waals surface area contributed by atoms with Crippen molar-refractivity contribution in [3.63, 3.8) is 0 Å². The first-order valence-corrected chi connectivity index (χ1v) is 8.38. The number of carbonyl (C=O) groups excluding carboxylic acids is 2. The number of ether oxygens (including phenoxy) is 1. The van der Waals surface area contributed by atoms with Gasteiger partial charge in [0.15, 0.2) is 5.13 Å². The summed E-state index contributed by atoms with van der Waals surface area (Å²) in [5, 5.41) is 3.09. The third-order valence-electron chi connectivity index (χ3n) is 3.55. The average Bonchev–Trinajstić information content (AvgIpc) is 3.02. The highest BCUT2D eigenvalue weighted by atomic mass is 32.1. The zero-order valence-electron chi connectivity index (χ0n) is 13.9. The standard InChI is InChI=1S/C18H14FN3O3S/c1-10-15(11-3-6-13(19)7-4-11)21-18(26-10)22-16(23)14-8-5-12(9-20-14)17(24)25-2/h3-9H,1-2H3,(H,21,22,23). The molecule has 3 aromatic rings. The molecule has 132 valence electrons. The van der Waals surface area contributed by atoms with Crippen LogP contribution < -0.4 is 5.32 Å². The molecule has 3 rings (SSSR count). The zero-order chi connectivity index (χ0) is 18.7. The molecule has 2 heterocycles. The van der Waals surface area contributed by atoms with Crippen LogP contribution in [0.15, 0.2) is 42.6 Å². The predicted molar refractivity (Wildman–Crippen MR) is 95.8 cm³/mol. The van der Waals surface area contributed by atoms with Gasteiger partial charge in [-0.3, -0.25) is 15.1 Å². The van der Waals surface area contributed by atoms with Crippen molar-refractivity contribution in [3.05, 3.63) is 64.5 Å². The van der Waals surface area contributed by atoms with Crippen LogP contribution in [0.25, 0.3) is 11.3 Å². The maximum atomic E-state index is 13.1. The van der Waals surface area contributed by atoms with Crippen molar-refractivity contribution >= 4 is 28.3 Å². The number of anilines is 1. The lowest BCUT2D eigenvalue weighted by Crippen LogP contribution is -2.14. The van der Waals surface area contributed by atoms with Gasteiger partial charge in [0, 0.05) is 16.6 Å². The van der Waals surface area contributed by atoms with Crippen molar-refractivity contribution in [1.29, 1.82) is 0 Å². The summed E-state index contributed by atoms with van der Waals surface area (Å²) < 4.78 is 17.6. The number of thiazole rings is 1. The smallest absolute Gasteiger partial charge is 0.339 e. The van der Waals surface area contributed by atoms with E-state index < -0.39 is 11.9 Å². The Kier molecular flexibility index (Phi) is 5.04. The highest BCUT2D eigenvalue weighted by molar-refractivity contribution is 7.16. The SMILES string of the molecule is COC(=O)c1ccc(C(=O)Nc2nc(-c3ccc(F)cc3)c(C)s2)nc1. The number of aryl methyl sites for hydroxylation is 1. The molecule has 1 aromatic carbocycles. The second-order valence-corrected chi connectivity index (χ2v) is 6.51. The lowest BCUT2D eigenvalue weighted by atomic mass is 10.1. The molecule has 0 radical (unpaired) electrons. The second-order valence-electron chi connectivity index (χ2n) is 5.31. The number of hydrogen-bond acceptors (Lipinski definition) is 6. The minimum absolute atomic E-state index is 0.147. The number of aromatic nitrogens is 2. The molecule has 0 atom stereocenters. The van der Waals surface area contributed by atoms with Gasteiger partial charge >= 0.3 is 5.97 Å². The normalized spacial score (nSPS) is 10.4. The fourth-order valence-electron chi connectivity index (χ4n) is 2.25. The molecule has 8 heteroatoms. The summed E-state index contributed by atoms with van der Waals surface area (Å²) in [6.45, 7) is 1.87. The number of amides is 1. The van der Waals surface area contributed by atoms with Gasteiger partial charge in [-0.1, -0.05) is 0 Å². The molecule has 0 bridgehead atoms. The summed E-state index contributed by atoms with van der Waals surface area (Å²) in [4.78, 5) is 32.9. The monoisotopic (exact) mass is 371 g/mol. The molecule has 1 amide bonds. The van der Waals surface area contributed by atoms with Crippen LogP contribution >= 0.6 is 11.3 Å². The van der Waals surface area contributed by atoms with Crippen molar-refractivity contribution in [3.8, 4) is 11.3 Å². The number of nitrogens with one attached hydrogen (secondary N) is 1. The van der Waals surface area contributed by atoms with E-state index in [0.717, 1.165) is 10.4 Å². The van der Waals surface area contributed by atoms with Gasteiger partial charge in [-0.05, 0) is 43.3 Å². The molecular formula is C18H14FN3O3S. The van der Waals surface area contributed by atoms with Crippen molar-refractivity contribution < 1.29 is 18.7 Å². The lowest BCUT2D eigenvalue weighted by molar-refractivity contribution is 0.0600. The van der Waals surface area contributed by atoms with E-state index in [1.807, 2.05) is 6.92 Å². The Morgan fingerprint density at radius 2 is 1.88 bits per heavy atom. The molecule has 0 aliphatic carbocycles. The first-order valence-electron chi connectivity index (χ1n) is 7.57. The Bertz CT molecular complexity index is 953. The fourth-order valence-corrected chi connectivity index (χ4v) is 3.08. The van der Waals surface area contributed by atoms with Crippen LogP contribution in [-0.2, 0) is 4.74 Å². The number of carbonyl (C=O) groups is 2. The molecule has 0 fully saturated rings. The summed E-state index contributed by atoms with van der Waals surface area (Å²) in [5.41, 5.74) is 1.85. The maximum absolute atomic E-state index is 13.1. The summed E-state index contributed by atoms with van der Waals surface area (Å²) >= 11 is 1.31. The molecule has 0 saturated carbocycles. The van der Waals surface area contributed by atoms with Crippen molar-refractivity contribution in [2.24, 2.45) is 0 Å². The molecule has 2 aromatic heterocycles. The first kappa shape index (κ1) is 17.7. The minimum Gasteiger partial charge on any atom is -0.465 e. The summed E-state index contributed by atoms with van der Waals surface area (Å²) in [6, 6.07) is 8.89. The second kappa shape index (κ2) is 7.40. The molecule has 6 nitrogen and oxygen atoms in total. The summed E-state index contributed by atoms with van der Waals surface area (Å²) in [7, 11) is 1.27. The van der Waals surface area contributed by atoms with E-state index in [2.05, 4.69) is 20.0 Å². The van der Waals surface area contributed by atoms with Gasteiger partial charge in [-0.15, -0.1) is 11.3 Å². The van der Waals surface area contributed by atoms with Crippen LogP contribution in [-0.4, -0.2) is 29.0 Å². The number of methoxy groups -OCH3 is 1. The highest BCUT2D eigenvalue weighted by Crippen LogP contribution is 2.30. The zero-order valence-corrected chi connectivity index (χ0v) is 14.8. The van der Waals surface area contributed by atoms with Crippen LogP contribution in [0.3, 0.4) is 0 Å². The molecule has 1 N–H and O–H groups in total. The van der Waals surface area contributed by atoms with Crippen molar-refractivity contribution in [1.82, 2.24) is 9.97 Å².